The minimum absolute atomic E-state index is 0.278. The predicted molar refractivity (Wildman–Crippen MR) is 33.0 cm³/mol. The number of halogens is 1. The SMILES string of the molecule is O=S(=O)(O)/C=C(\O)CCl. The lowest BCUT2D eigenvalue weighted by Crippen LogP contribution is -1.94. The number of aliphatic hydroxyl groups excluding tert-OH is 1. The molecule has 0 unspecified atom stereocenters. The molecule has 0 amide bonds. The molecule has 0 rings (SSSR count). The van der Waals surface area contributed by atoms with E-state index >= 15 is 0 Å². The second kappa shape index (κ2) is 3.05. The molecule has 0 aliphatic rings. The average Bonchev–Trinajstić information content (AvgIpc) is 1.62. The molecule has 0 saturated carbocycles. The maximum absolute atomic E-state index is 9.86. The van der Waals surface area contributed by atoms with Crippen LogP contribution >= 0.6 is 11.6 Å². The number of hydrogen-bond acceptors (Lipinski definition) is 3. The van der Waals surface area contributed by atoms with E-state index < -0.39 is 15.9 Å². The van der Waals surface area contributed by atoms with Gasteiger partial charge in [-0.3, -0.25) is 4.55 Å². The maximum Gasteiger partial charge on any atom is 0.290 e. The molecule has 54 valence electrons. The summed E-state index contributed by atoms with van der Waals surface area (Å²) in [5, 5.41) is 8.66. The highest BCUT2D eigenvalue weighted by molar-refractivity contribution is 7.88. The molecule has 0 radical (unpaired) electrons. The van der Waals surface area contributed by atoms with E-state index in [2.05, 4.69) is 0 Å². The molecule has 6 heteroatoms. The van der Waals surface area contributed by atoms with Gasteiger partial charge in [-0.25, -0.2) is 0 Å². The fourth-order valence-electron chi connectivity index (χ4n) is 0.203. The largest absolute Gasteiger partial charge is 0.510 e. The first-order valence-corrected chi connectivity index (χ1v) is 3.92. The third kappa shape index (κ3) is 5.61. The molecular weight excluding hydrogens is 168 g/mol. The van der Waals surface area contributed by atoms with E-state index in [1.165, 1.54) is 0 Å². The van der Waals surface area contributed by atoms with Gasteiger partial charge in [0, 0.05) is 0 Å². The van der Waals surface area contributed by atoms with Crippen molar-refractivity contribution in [2.24, 2.45) is 0 Å². The van der Waals surface area contributed by atoms with Crippen molar-refractivity contribution >= 4 is 21.7 Å². The third-order valence-corrected chi connectivity index (χ3v) is 1.27. The molecule has 0 aliphatic heterocycles. The highest BCUT2D eigenvalue weighted by Crippen LogP contribution is 1.95. The van der Waals surface area contributed by atoms with Gasteiger partial charge in [0.15, 0.2) is 0 Å². The summed E-state index contributed by atoms with van der Waals surface area (Å²) in [6.45, 7) is 0. The lowest BCUT2D eigenvalue weighted by Gasteiger charge is -1.88. The Bertz CT molecular complexity index is 204. The minimum Gasteiger partial charge on any atom is -0.510 e. The second-order valence-corrected chi connectivity index (χ2v) is 2.79. The summed E-state index contributed by atoms with van der Waals surface area (Å²) in [6.07, 6.45) is 0. The summed E-state index contributed by atoms with van der Waals surface area (Å²) in [6, 6.07) is 0. The molecule has 0 atom stereocenters. The maximum atomic E-state index is 9.86. The molecule has 0 aromatic rings. The van der Waals surface area contributed by atoms with Crippen LogP contribution in [0.3, 0.4) is 0 Å². The van der Waals surface area contributed by atoms with E-state index in [0.29, 0.717) is 0 Å². The summed E-state index contributed by atoms with van der Waals surface area (Å²) in [7, 11) is -4.23. The molecule has 0 aromatic heterocycles. The Labute approximate surface area is 57.5 Å². The second-order valence-electron chi connectivity index (χ2n) is 1.26. The summed E-state index contributed by atoms with van der Waals surface area (Å²) in [5.41, 5.74) is 0. The van der Waals surface area contributed by atoms with Gasteiger partial charge in [0.25, 0.3) is 10.1 Å². The number of aliphatic hydroxyl groups is 1. The predicted octanol–water partition coefficient (Wildman–Crippen LogP) is 0.512. The fourth-order valence-corrected chi connectivity index (χ4v) is 0.799. The Balaban J connectivity index is 4.32. The summed E-state index contributed by atoms with van der Waals surface area (Å²) < 4.78 is 27.7. The number of alkyl halides is 1. The van der Waals surface area contributed by atoms with Gasteiger partial charge in [-0.15, -0.1) is 11.6 Å². The molecular formula is C3H5ClO4S. The Kier molecular flexibility index (Phi) is 2.96. The van der Waals surface area contributed by atoms with E-state index in [9.17, 15) is 8.42 Å². The van der Waals surface area contributed by atoms with Gasteiger partial charge in [0.05, 0.1) is 11.3 Å². The van der Waals surface area contributed by atoms with Crippen molar-refractivity contribution in [2.75, 3.05) is 5.88 Å². The zero-order chi connectivity index (χ0) is 7.49. The van der Waals surface area contributed by atoms with Gasteiger partial charge in [-0.1, -0.05) is 0 Å². The Hall–Kier alpha value is -0.260. The fraction of sp³-hybridized carbons (Fsp3) is 0.333. The van der Waals surface area contributed by atoms with Crippen molar-refractivity contribution < 1.29 is 18.1 Å². The van der Waals surface area contributed by atoms with Crippen molar-refractivity contribution in [3.05, 3.63) is 11.2 Å². The monoisotopic (exact) mass is 172 g/mol. The van der Waals surface area contributed by atoms with Crippen molar-refractivity contribution in [1.29, 1.82) is 0 Å². The van der Waals surface area contributed by atoms with Crippen molar-refractivity contribution in [1.82, 2.24) is 0 Å². The van der Waals surface area contributed by atoms with E-state index in [1.807, 2.05) is 0 Å². The van der Waals surface area contributed by atoms with Crippen LogP contribution in [0.2, 0.25) is 0 Å². The van der Waals surface area contributed by atoms with E-state index in [1.54, 1.807) is 0 Å². The highest BCUT2D eigenvalue weighted by Gasteiger charge is 1.99. The average molecular weight is 173 g/mol. The van der Waals surface area contributed by atoms with Crippen molar-refractivity contribution in [2.45, 2.75) is 0 Å². The van der Waals surface area contributed by atoms with Gasteiger partial charge in [-0.2, -0.15) is 8.42 Å². The quantitative estimate of drug-likeness (QED) is 0.362. The standard InChI is InChI=1S/C3H5ClO4S/c4-1-3(5)2-9(6,7)8/h2,5H,1H2,(H,6,7,8)/b3-2-. The topological polar surface area (TPSA) is 74.6 Å². The third-order valence-electron chi connectivity index (χ3n) is 0.422. The molecule has 0 heterocycles. The first-order chi connectivity index (χ1) is 3.95. The molecule has 4 nitrogen and oxygen atoms in total. The van der Waals surface area contributed by atoms with Crippen LogP contribution in [0.1, 0.15) is 0 Å². The van der Waals surface area contributed by atoms with Crippen LogP contribution in [0.5, 0.6) is 0 Å². The Morgan fingerprint density at radius 2 is 2.11 bits per heavy atom. The van der Waals surface area contributed by atoms with E-state index in [4.69, 9.17) is 21.3 Å². The van der Waals surface area contributed by atoms with Crippen molar-refractivity contribution in [3.8, 4) is 0 Å². The van der Waals surface area contributed by atoms with Crippen LogP contribution < -0.4 is 0 Å². The smallest absolute Gasteiger partial charge is 0.290 e. The molecule has 0 aliphatic carbocycles. The van der Waals surface area contributed by atoms with E-state index in [-0.39, 0.29) is 11.3 Å². The molecule has 0 bridgehead atoms. The summed E-state index contributed by atoms with van der Waals surface area (Å²) in [4.78, 5) is 0. The first kappa shape index (κ1) is 8.74. The van der Waals surface area contributed by atoms with Crippen molar-refractivity contribution in [3.63, 3.8) is 0 Å². The lowest BCUT2D eigenvalue weighted by atomic mass is 10.7. The van der Waals surface area contributed by atoms with Gasteiger partial charge < -0.3 is 5.11 Å². The minimum atomic E-state index is -4.23. The van der Waals surface area contributed by atoms with Crippen LogP contribution in [-0.4, -0.2) is 24.0 Å². The molecule has 0 spiro atoms. The van der Waals surface area contributed by atoms with Gasteiger partial charge in [0.1, 0.15) is 5.76 Å². The van der Waals surface area contributed by atoms with Crippen LogP contribution in [0.15, 0.2) is 11.2 Å². The molecule has 0 fully saturated rings. The van der Waals surface area contributed by atoms with Gasteiger partial charge >= 0.3 is 0 Å². The van der Waals surface area contributed by atoms with Crippen LogP contribution in [-0.2, 0) is 10.1 Å². The van der Waals surface area contributed by atoms with E-state index in [0.717, 1.165) is 0 Å². The Morgan fingerprint density at radius 3 is 2.22 bits per heavy atom. The summed E-state index contributed by atoms with van der Waals surface area (Å²) >= 11 is 4.96. The molecule has 0 aromatic carbocycles. The number of rotatable bonds is 2. The molecule has 2 N–H and O–H groups in total. The molecule has 9 heavy (non-hydrogen) atoms. The normalized spacial score (nSPS) is 13.8. The zero-order valence-corrected chi connectivity index (χ0v) is 5.85. The lowest BCUT2D eigenvalue weighted by molar-refractivity contribution is 0.415. The van der Waals surface area contributed by atoms with Crippen LogP contribution in [0.25, 0.3) is 0 Å². The van der Waals surface area contributed by atoms with Gasteiger partial charge in [0.2, 0.25) is 0 Å². The number of hydrogen-bond donors (Lipinski definition) is 2. The number of allylic oxidation sites excluding steroid dienone is 1. The van der Waals surface area contributed by atoms with Gasteiger partial charge in [-0.05, 0) is 0 Å². The first-order valence-electron chi connectivity index (χ1n) is 1.88. The van der Waals surface area contributed by atoms with Crippen LogP contribution in [0.4, 0.5) is 0 Å². The summed E-state index contributed by atoms with van der Waals surface area (Å²) in [5.74, 6) is -0.918. The highest BCUT2D eigenvalue weighted by atomic mass is 35.5. The molecule has 0 saturated heterocycles. The Morgan fingerprint density at radius 1 is 1.67 bits per heavy atom. The zero-order valence-electron chi connectivity index (χ0n) is 4.28. The van der Waals surface area contributed by atoms with Crippen LogP contribution in [0, 0.1) is 0 Å².